The zero-order valence-electron chi connectivity index (χ0n) is 32.2. The lowest BCUT2D eigenvalue weighted by atomic mass is 9.70. The van der Waals surface area contributed by atoms with Crippen LogP contribution in [0.3, 0.4) is 0 Å². The third-order valence-corrected chi connectivity index (χ3v) is 13.3. The Balaban J connectivity index is 1.19. The number of nitrogens with zero attached hydrogens (tertiary/aromatic N) is 1. The van der Waals surface area contributed by atoms with E-state index in [1.807, 2.05) is 0 Å². The number of allylic oxidation sites excluding steroid dienone is 14. The zero-order chi connectivity index (χ0) is 37.1. The maximum atomic E-state index is 6.72. The van der Waals surface area contributed by atoms with E-state index in [1.54, 1.807) is 0 Å². The molecule has 0 N–H and O–H groups in total. The lowest BCUT2D eigenvalue weighted by Gasteiger charge is -2.41. The molecule has 266 valence electrons. The van der Waals surface area contributed by atoms with Gasteiger partial charge in [0.05, 0.1) is 0 Å². The number of hydrogen-bond acceptors (Lipinski definition) is 2. The summed E-state index contributed by atoms with van der Waals surface area (Å²) in [6.07, 6.45) is 22.3. The van der Waals surface area contributed by atoms with E-state index in [-0.39, 0.29) is 16.7 Å². The quantitative estimate of drug-likeness (QED) is 0.185. The van der Waals surface area contributed by atoms with E-state index in [2.05, 4.69) is 187 Å². The molecule has 1 aromatic heterocycles. The maximum absolute atomic E-state index is 6.72. The van der Waals surface area contributed by atoms with Crippen molar-refractivity contribution in [3.8, 4) is 11.1 Å². The molecule has 0 saturated carbocycles. The second kappa shape index (κ2) is 11.7. The van der Waals surface area contributed by atoms with Crippen LogP contribution in [-0.2, 0) is 10.8 Å². The van der Waals surface area contributed by atoms with Crippen molar-refractivity contribution < 1.29 is 4.42 Å². The van der Waals surface area contributed by atoms with Gasteiger partial charge in [-0.1, -0.05) is 144 Å². The zero-order valence-corrected chi connectivity index (χ0v) is 32.2. The molecule has 5 aliphatic rings. The Morgan fingerprint density at radius 1 is 0.796 bits per heavy atom. The first-order valence-corrected chi connectivity index (χ1v) is 19.6. The van der Waals surface area contributed by atoms with Crippen molar-refractivity contribution in [1.82, 2.24) is 0 Å². The van der Waals surface area contributed by atoms with Crippen LogP contribution in [0.15, 0.2) is 173 Å². The SMILES string of the molecule is C=C1/C(=C\C=C(/C)N(C2=CC3=C(C=CC[C@H]3C)C3C=CC=CC23)c2ccc3c(c2)-c2c(ccc4c2oc2ccccc24)C3(C)C)c2ccccc2C1(C)C. The van der Waals surface area contributed by atoms with Gasteiger partial charge in [-0.15, -0.1) is 0 Å². The number of para-hydroxylation sites is 1. The molecule has 4 aromatic carbocycles. The van der Waals surface area contributed by atoms with Crippen LogP contribution in [0, 0.1) is 17.8 Å². The number of furan rings is 1. The van der Waals surface area contributed by atoms with Gasteiger partial charge in [-0.25, -0.2) is 0 Å². The Hall–Kier alpha value is -5.60. The molecule has 0 saturated heterocycles. The molecule has 0 bridgehead atoms. The lowest BCUT2D eigenvalue weighted by molar-refractivity contribution is 0.553. The number of hydrogen-bond donors (Lipinski definition) is 0. The predicted octanol–water partition coefficient (Wildman–Crippen LogP) is 13.7. The fourth-order valence-electron chi connectivity index (χ4n) is 10.2. The normalized spacial score (nSPS) is 23.8. The third kappa shape index (κ3) is 4.59. The second-order valence-electron chi connectivity index (χ2n) is 17.0. The van der Waals surface area contributed by atoms with Gasteiger partial charge in [-0.2, -0.15) is 0 Å². The summed E-state index contributed by atoms with van der Waals surface area (Å²) in [5.74, 6) is 0.965. The molecule has 3 atom stereocenters. The first kappa shape index (κ1) is 33.0. The van der Waals surface area contributed by atoms with Gasteiger partial charge in [0.1, 0.15) is 11.2 Å². The average molecular weight is 702 g/mol. The Bertz CT molecular complexity index is 2690. The minimum Gasteiger partial charge on any atom is -0.455 e. The van der Waals surface area contributed by atoms with Crippen LogP contribution in [0.5, 0.6) is 0 Å². The van der Waals surface area contributed by atoms with Gasteiger partial charge >= 0.3 is 0 Å². The van der Waals surface area contributed by atoms with E-state index in [4.69, 9.17) is 4.42 Å². The van der Waals surface area contributed by atoms with Gasteiger partial charge in [-0.05, 0) is 99.7 Å². The summed E-state index contributed by atoms with van der Waals surface area (Å²) < 4.78 is 6.72. The van der Waals surface area contributed by atoms with E-state index < -0.39 is 0 Å². The molecule has 0 fully saturated rings. The van der Waals surface area contributed by atoms with E-state index in [0.29, 0.717) is 11.8 Å². The Kier molecular flexibility index (Phi) is 7.15. The summed E-state index contributed by atoms with van der Waals surface area (Å²) in [5.41, 5.74) is 18.4. The van der Waals surface area contributed by atoms with Crippen molar-refractivity contribution in [3.63, 3.8) is 0 Å². The first-order chi connectivity index (χ1) is 26.1. The minimum atomic E-state index is -0.158. The van der Waals surface area contributed by atoms with Gasteiger partial charge < -0.3 is 9.32 Å². The number of rotatable bonds is 4. The van der Waals surface area contributed by atoms with Crippen LogP contribution in [-0.4, -0.2) is 0 Å². The van der Waals surface area contributed by atoms with Gasteiger partial charge in [0, 0.05) is 56.1 Å². The van der Waals surface area contributed by atoms with E-state index in [0.717, 1.165) is 17.6 Å². The van der Waals surface area contributed by atoms with Gasteiger partial charge in [0.15, 0.2) is 0 Å². The van der Waals surface area contributed by atoms with Crippen molar-refractivity contribution in [2.45, 2.75) is 58.8 Å². The summed E-state index contributed by atoms with van der Waals surface area (Å²) in [5, 5.41) is 2.34. The summed E-state index contributed by atoms with van der Waals surface area (Å²) in [4.78, 5) is 2.55. The van der Waals surface area contributed by atoms with Crippen molar-refractivity contribution >= 4 is 33.2 Å². The molecule has 0 aliphatic heterocycles. The van der Waals surface area contributed by atoms with Crippen molar-refractivity contribution in [1.29, 1.82) is 0 Å². The van der Waals surface area contributed by atoms with Crippen LogP contribution >= 0.6 is 0 Å². The van der Waals surface area contributed by atoms with Crippen molar-refractivity contribution in [3.05, 3.63) is 190 Å². The standard InChI is InChI=1S/C52H47NO/c1-31-15-14-20-37-36-16-8-9-18-39(36)47(30-42(31)37)53(32(2)23-25-35-33(3)51(4,5)44-21-12-10-17-38(35)44)34-24-27-45-43(29-34)49-46(52(45,6)7)28-26-41-40-19-11-13-22-48(40)54-50(41)49/h8-14,16-31,36,39H,3,15H2,1-2,4-7H3/b32-23+,35-25+/t31-,36?,39?/m1/s1. The number of anilines is 1. The lowest BCUT2D eigenvalue weighted by Crippen LogP contribution is -2.33. The number of benzene rings is 4. The van der Waals surface area contributed by atoms with Crippen LogP contribution in [0.1, 0.15) is 70.2 Å². The maximum Gasteiger partial charge on any atom is 0.143 e. The Morgan fingerprint density at radius 2 is 1.54 bits per heavy atom. The molecule has 2 unspecified atom stereocenters. The summed E-state index contributed by atoms with van der Waals surface area (Å²) in [6, 6.07) is 29.0. The fraction of sp³-hybridized carbons (Fsp3) is 0.231. The average Bonchev–Trinajstić information content (AvgIpc) is 3.73. The molecule has 2 nitrogen and oxygen atoms in total. The molecule has 1 heterocycles. The van der Waals surface area contributed by atoms with Crippen molar-refractivity contribution in [2.75, 3.05) is 4.90 Å². The molecule has 5 aromatic rings. The monoisotopic (exact) mass is 701 g/mol. The van der Waals surface area contributed by atoms with Gasteiger partial charge in [0.25, 0.3) is 0 Å². The molecule has 0 amide bonds. The minimum absolute atomic E-state index is 0.113. The highest BCUT2D eigenvalue weighted by Crippen LogP contribution is 2.55. The molecular formula is C52H47NO. The van der Waals surface area contributed by atoms with Gasteiger partial charge in [0.2, 0.25) is 0 Å². The topological polar surface area (TPSA) is 16.4 Å². The molecule has 10 rings (SSSR count). The highest BCUT2D eigenvalue weighted by molar-refractivity contribution is 6.12. The second-order valence-corrected chi connectivity index (χ2v) is 17.0. The van der Waals surface area contributed by atoms with Crippen LogP contribution in [0.4, 0.5) is 5.69 Å². The highest BCUT2D eigenvalue weighted by atomic mass is 16.3. The molecule has 54 heavy (non-hydrogen) atoms. The Morgan fingerprint density at radius 3 is 2.39 bits per heavy atom. The molecular weight excluding hydrogens is 655 g/mol. The predicted molar refractivity (Wildman–Crippen MR) is 227 cm³/mol. The molecule has 0 radical (unpaired) electrons. The van der Waals surface area contributed by atoms with Gasteiger partial charge in [-0.3, -0.25) is 0 Å². The number of fused-ring (bicyclic) bond motifs is 10. The van der Waals surface area contributed by atoms with Crippen LogP contribution in [0.25, 0.3) is 38.6 Å². The highest BCUT2D eigenvalue weighted by Gasteiger charge is 2.40. The third-order valence-electron chi connectivity index (χ3n) is 13.3. The largest absolute Gasteiger partial charge is 0.455 e. The fourth-order valence-corrected chi connectivity index (χ4v) is 10.2. The van der Waals surface area contributed by atoms with Crippen molar-refractivity contribution in [2.24, 2.45) is 17.8 Å². The molecule has 0 spiro atoms. The first-order valence-electron chi connectivity index (χ1n) is 19.6. The summed E-state index contributed by atoms with van der Waals surface area (Å²) in [7, 11) is 0. The molecule has 5 aliphatic carbocycles. The van der Waals surface area contributed by atoms with E-state index in [9.17, 15) is 0 Å². The summed E-state index contributed by atoms with van der Waals surface area (Å²) >= 11 is 0. The molecule has 2 heteroatoms. The smallest absolute Gasteiger partial charge is 0.143 e. The van der Waals surface area contributed by atoms with E-state index >= 15 is 0 Å². The Labute approximate surface area is 319 Å². The summed E-state index contributed by atoms with van der Waals surface area (Å²) in [6.45, 7) is 18.6. The van der Waals surface area contributed by atoms with Crippen LogP contribution in [0.2, 0.25) is 0 Å². The van der Waals surface area contributed by atoms with Crippen LogP contribution < -0.4 is 4.90 Å². The van der Waals surface area contributed by atoms with E-state index in [1.165, 1.54) is 83.5 Å².